The summed E-state index contributed by atoms with van der Waals surface area (Å²) in [5.41, 5.74) is 1.03. The Balaban J connectivity index is 2.90. The monoisotopic (exact) mass is 239 g/mol. The summed E-state index contributed by atoms with van der Waals surface area (Å²) < 4.78 is 5.01. The molecule has 16 heavy (non-hydrogen) atoms. The zero-order valence-electron chi connectivity index (χ0n) is 9.37. The molecule has 0 saturated carbocycles. The van der Waals surface area contributed by atoms with Crippen molar-refractivity contribution in [3.05, 3.63) is 41.4 Å². The number of hydrogen-bond acceptors (Lipinski definition) is 3. The van der Waals surface area contributed by atoms with Crippen LogP contribution in [-0.4, -0.2) is 25.0 Å². The van der Waals surface area contributed by atoms with Gasteiger partial charge >= 0.3 is 5.97 Å². The maximum atomic E-state index is 11.1. The molecule has 4 heteroatoms. The van der Waals surface area contributed by atoms with Crippen LogP contribution in [0.3, 0.4) is 0 Å². The lowest BCUT2D eigenvalue weighted by molar-refractivity contribution is -0.128. The first-order valence-electron chi connectivity index (χ1n) is 4.80. The van der Waals surface area contributed by atoms with Crippen LogP contribution >= 0.6 is 11.6 Å². The molecule has 0 aliphatic carbocycles. The van der Waals surface area contributed by atoms with E-state index in [9.17, 15) is 4.79 Å². The molecule has 1 aromatic carbocycles. The van der Waals surface area contributed by atoms with E-state index in [4.69, 9.17) is 16.3 Å². The van der Waals surface area contributed by atoms with Gasteiger partial charge in [0.05, 0.1) is 5.02 Å². The highest BCUT2D eigenvalue weighted by Crippen LogP contribution is 2.26. The van der Waals surface area contributed by atoms with Crippen LogP contribution in [0.1, 0.15) is 5.56 Å². The highest BCUT2D eigenvalue weighted by Gasteiger charge is 2.07. The number of nitrogens with zero attached hydrogens (tertiary/aromatic N) is 1. The number of esters is 1. The van der Waals surface area contributed by atoms with Crippen LogP contribution in [0.2, 0.25) is 5.02 Å². The molecular weight excluding hydrogens is 226 g/mol. The molecule has 0 aliphatic heterocycles. The van der Waals surface area contributed by atoms with Gasteiger partial charge in [0.25, 0.3) is 0 Å². The Morgan fingerprint density at radius 1 is 1.56 bits per heavy atom. The van der Waals surface area contributed by atoms with E-state index in [-0.39, 0.29) is 0 Å². The molecule has 1 aromatic rings. The van der Waals surface area contributed by atoms with Crippen molar-refractivity contribution in [1.29, 1.82) is 0 Å². The van der Waals surface area contributed by atoms with E-state index in [1.807, 2.05) is 25.1 Å². The Morgan fingerprint density at radius 3 is 2.81 bits per heavy atom. The third-order valence-electron chi connectivity index (χ3n) is 1.87. The van der Waals surface area contributed by atoms with Crippen molar-refractivity contribution >= 4 is 17.6 Å². The summed E-state index contributed by atoms with van der Waals surface area (Å²) in [5.74, 6) is -0.144. The fourth-order valence-corrected chi connectivity index (χ4v) is 1.40. The maximum absolute atomic E-state index is 11.1. The van der Waals surface area contributed by atoms with Gasteiger partial charge in [-0.25, -0.2) is 4.79 Å². The van der Waals surface area contributed by atoms with Crippen molar-refractivity contribution < 1.29 is 9.53 Å². The SMILES string of the molecule is C=CC(=O)Oc1cc(CN(C)C)ccc1Cl. The lowest BCUT2D eigenvalue weighted by Gasteiger charge is -2.11. The average molecular weight is 240 g/mol. The van der Waals surface area contributed by atoms with Crippen LogP contribution in [0.5, 0.6) is 5.75 Å². The minimum absolute atomic E-state index is 0.367. The zero-order valence-corrected chi connectivity index (χ0v) is 10.1. The van der Waals surface area contributed by atoms with Crippen LogP contribution in [0.15, 0.2) is 30.9 Å². The third kappa shape index (κ3) is 3.68. The van der Waals surface area contributed by atoms with Crippen LogP contribution in [-0.2, 0) is 11.3 Å². The van der Waals surface area contributed by atoms with Crippen LogP contribution < -0.4 is 4.74 Å². The van der Waals surface area contributed by atoms with Crippen molar-refractivity contribution in [2.75, 3.05) is 14.1 Å². The summed E-state index contributed by atoms with van der Waals surface area (Å²) in [4.78, 5) is 13.1. The molecule has 3 nitrogen and oxygen atoms in total. The highest BCUT2D eigenvalue weighted by molar-refractivity contribution is 6.32. The van der Waals surface area contributed by atoms with E-state index in [0.29, 0.717) is 10.8 Å². The number of halogens is 1. The van der Waals surface area contributed by atoms with Crippen molar-refractivity contribution in [2.24, 2.45) is 0 Å². The molecular formula is C12H14ClNO2. The summed E-state index contributed by atoms with van der Waals surface area (Å²) in [7, 11) is 3.92. The minimum atomic E-state index is -0.510. The normalized spacial score (nSPS) is 10.2. The Labute approximate surface area is 100 Å². The van der Waals surface area contributed by atoms with Crippen molar-refractivity contribution in [3.8, 4) is 5.75 Å². The zero-order chi connectivity index (χ0) is 12.1. The molecule has 0 spiro atoms. The summed E-state index contributed by atoms with van der Waals surface area (Å²) >= 11 is 5.91. The number of carbonyl (C=O) groups excluding carboxylic acids is 1. The molecule has 0 atom stereocenters. The van der Waals surface area contributed by atoms with E-state index in [1.165, 1.54) is 0 Å². The first-order valence-corrected chi connectivity index (χ1v) is 5.18. The van der Waals surface area contributed by atoms with Gasteiger partial charge in [-0.2, -0.15) is 0 Å². The largest absolute Gasteiger partial charge is 0.422 e. The third-order valence-corrected chi connectivity index (χ3v) is 2.18. The second kappa shape index (κ2) is 5.68. The van der Waals surface area contributed by atoms with Gasteiger partial charge in [0.2, 0.25) is 0 Å². The van der Waals surface area contributed by atoms with Crippen molar-refractivity contribution in [1.82, 2.24) is 4.90 Å². The number of carbonyl (C=O) groups is 1. The topological polar surface area (TPSA) is 29.5 Å². The highest BCUT2D eigenvalue weighted by atomic mass is 35.5. The number of benzene rings is 1. The second-order valence-corrected chi connectivity index (χ2v) is 4.03. The van der Waals surface area contributed by atoms with Crippen molar-refractivity contribution in [3.63, 3.8) is 0 Å². The predicted molar refractivity (Wildman–Crippen MR) is 64.7 cm³/mol. The van der Waals surface area contributed by atoms with Gasteiger partial charge in [0.1, 0.15) is 5.75 Å². The van der Waals surface area contributed by atoms with E-state index in [1.54, 1.807) is 12.1 Å². The Bertz CT molecular complexity index is 402. The molecule has 86 valence electrons. The number of rotatable bonds is 4. The molecule has 0 heterocycles. The predicted octanol–water partition coefficient (Wildman–Crippen LogP) is 2.49. The maximum Gasteiger partial charge on any atom is 0.335 e. The second-order valence-electron chi connectivity index (χ2n) is 3.63. The molecule has 0 amide bonds. The Hall–Kier alpha value is -1.32. The van der Waals surface area contributed by atoms with Gasteiger partial charge in [-0.15, -0.1) is 0 Å². The summed E-state index contributed by atoms with van der Waals surface area (Å²) in [6.45, 7) is 4.09. The molecule has 0 aliphatic rings. The van der Waals surface area contributed by atoms with E-state index < -0.39 is 5.97 Å². The molecule has 0 unspecified atom stereocenters. The lowest BCUT2D eigenvalue weighted by atomic mass is 10.2. The van der Waals surface area contributed by atoms with Crippen LogP contribution in [0, 0.1) is 0 Å². The van der Waals surface area contributed by atoms with Gasteiger partial charge in [0, 0.05) is 12.6 Å². The van der Waals surface area contributed by atoms with Crippen molar-refractivity contribution in [2.45, 2.75) is 6.54 Å². The van der Waals surface area contributed by atoms with Gasteiger partial charge in [-0.05, 0) is 31.8 Å². The molecule has 0 N–H and O–H groups in total. The number of hydrogen-bond donors (Lipinski definition) is 0. The molecule has 1 rings (SSSR count). The van der Waals surface area contributed by atoms with Gasteiger partial charge in [0.15, 0.2) is 0 Å². The van der Waals surface area contributed by atoms with Crippen LogP contribution in [0.4, 0.5) is 0 Å². The van der Waals surface area contributed by atoms with E-state index in [2.05, 4.69) is 6.58 Å². The summed E-state index contributed by atoms with van der Waals surface area (Å²) in [6, 6.07) is 5.36. The Morgan fingerprint density at radius 2 is 2.25 bits per heavy atom. The summed E-state index contributed by atoms with van der Waals surface area (Å²) in [5, 5.41) is 0.415. The fraction of sp³-hybridized carbons (Fsp3) is 0.250. The minimum Gasteiger partial charge on any atom is -0.422 e. The number of ether oxygens (including phenoxy) is 1. The van der Waals surface area contributed by atoms with E-state index >= 15 is 0 Å². The van der Waals surface area contributed by atoms with Crippen LogP contribution in [0.25, 0.3) is 0 Å². The molecule has 0 saturated heterocycles. The molecule has 0 bridgehead atoms. The van der Waals surface area contributed by atoms with E-state index in [0.717, 1.165) is 18.2 Å². The quantitative estimate of drug-likeness (QED) is 0.459. The standard InChI is InChI=1S/C12H14ClNO2/c1-4-12(15)16-11-7-9(8-14(2)3)5-6-10(11)13/h4-7H,1,8H2,2-3H3. The first-order chi connectivity index (χ1) is 7.52. The smallest absolute Gasteiger partial charge is 0.335 e. The van der Waals surface area contributed by atoms with Gasteiger partial charge < -0.3 is 9.64 Å². The fourth-order valence-electron chi connectivity index (χ4n) is 1.24. The Kier molecular flexibility index (Phi) is 4.52. The molecule has 0 aromatic heterocycles. The summed E-state index contributed by atoms with van der Waals surface area (Å²) in [6.07, 6.45) is 1.11. The average Bonchev–Trinajstić information content (AvgIpc) is 2.22. The molecule has 0 fully saturated rings. The van der Waals surface area contributed by atoms with Gasteiger partial charge in [-0.3, -0.25) is 0 Å². The van der Waals surface area contributed by atoms with Gasteiger partial charge in [-0.1, -0.05) is 24.2 Å². The first kappa shape index (κ1) is 12.7. The molecule has 0 radical (unpaired) electrons. The lowest BCUT2D eigenvalue weighted by Crippen LogP contribution is -2.11.